The number of rotatable bonds is 5. The second-order valence-electron chi connectivity index (χ2n) is 7.46. The van der Waals surface area contributed by atoms with E-state index in [-0.39, 0.29) is 5.91 Å². The Labute approximate surface area is 167 Å². The van der Waals surface area contributed by atoms with E-state index in [2.05, 4.69) is 24.1 Å². The normalized spacial score (nSPS) is 15.2. The van der Waals surface area contributed by atoms with Gasteiger partial charge in [0.05, 0.1) is 0 Å². The molecule has 1 aliphatic heterocycles. The molecule has 0 atom stereocenters. The number of benzene rings is 1. The molecule has 4 nitrogen and oxygen atoms in total. The van der Waals surface area contributed by atoms with Gasteiger partial charge in [-0.25, -0.2) is 0 Å². The molecule has 1 N–H and O–H groups in total. The van der Waals surface area contributed by atoms with Crippen molar-refractivity contribution in [3.05, 3.63) is 28.8 Å². The third-order valence-corrected chi connectivity index (χ3v) is 5.81. The van der Waals surface area contributed by atoms with Gasteiger partial charge in [0.2, 0.25) is 5.91 Å². The molecule has 2 rings (SSSR count). The second-order valence-corrected chi connectivity index (χ2v) is 8.25. The smallest absolute Gasteiger partial charge is 0.219 e. The van der Waals surface area contributed by atoms with E-state index in [4.69, 9.17) is 23.8 Å². The molecule has 1 saturated heterocycles. The summed E-state index contributed by atoms with van der Waals surface area (Å²) in [6, 6.07) is 6.19. The average Bonchev–Trinajstić information content (AvgIpc) is 2.59. The van der Waals surface area contributed by atoms with Crippen LogP contribution in [0.15, 0.2) is 18.2 Å². The highest BCUT2D eigenvalue weighted by atomic mass is 35.5. The summed E-state index contributed by atoms with van der Waals surface area (Å²) in [5.41, 5.74) is 1.96. The maximum Gasteiger partial charge on any atom is 0.219 e. The van der Waals surface area contributed by atoms with Crippen molar-refractivity contribution >= 4 is 40.5 Å². The van der Waals surface area contributed by atoms with Gasteiger partial charge < -0.3 is 15.1 Å². The van der Waals surface area contributed by atoms with Crippen molar-refractivity contribution in [2.24, 2.45) is 5.92 Å². The lowest BCUT2D eigenvalue weighted by molar-refractivity contribution is -0.130. The van der Waals surface area contributed by atoms with E-state index in [1.807, 2.05) is 30.0 Å². The van der Waals surface area contributed by atoms with Crippen molar-refractivity contribution in [1.82, 2.24) is 9.80 Å². The molecule has 0 bridgehead atoms. The molecular weight excluding hydrogens is 366 g/mol. The van der Waals surface area contributed by atoms with Crippen LogP contribution in [0.5, 0.6) is 0 Å². The highest BCUT2D eigenvalue weighted by molar-refractivity contribution is 7.80. The van der Waals surface area contributed by atoms with Crippen LogP contribution in [-0.2, 0) is 4.79 Å². The Morgan fingerprint density at radius 2 is 2.04 bits per heavy atom. The molecule has 1 heterocycles. The molecule has 144 valence electrons. The predicted molar refractivity (Wildman–Crippen MR) is 114 cm³/mol. The Morgan fingerprint density at radius 1 is 1.38 bits per heavy atom. The number of carbonyl (C=O) groups is 1. The van der Waals surface area contributed by atoms with Crippen LogP contribution >= 0.6 is 23.8 Å². The van der Waals surface area contributed by atoms with Crippen LogP contribution in [0.1, 0.15) is 45.6 Å². The van der Waals surface area contributed by atoms with Crippen molar-refractivity contribution in [1.29, 1.82) is 0 Å². The van der Waals surface area contributed by atoms with Crippen LogP contribution in [0, 0.1) is 12.8 Å². The summed E-state index contributed by atoms with van der Waals surface area (Å²) in [5, 5.41) is 4.88. The first-order chi connectivity index (χ1) is 12.3. The van der Waals surface area contributed by atoms with E-state index in [1.54, 1.807) is 6.92 Å². The average molecular weight is 396 g/mol. The van der Waals surface area contributed by atoms with Gasteiger partial charge in [-0.1, -0.05) is 31.5 Å². The maximum atomic E-state index is 11.6. The molecule has 1 aromatic carbocycles. The fraction of sp³-hybridized carbons (Fsp3) is 0.600. The number of hydrogen-bond donors (Lipinski definition) is 1. The van der Waals surface area contributed by atoms with Gasteiger partial charge in [0.15, 0.2) is 5.11 Å². The van der Waals surface area contributed by atoms with E-state index in [9.17, 15) is 4.79 Å². The fourth-order valence-corrected chi connectivity index (χ4v) is 3.79. The zero-order valence-electron chi connectivity index (χ0n) is 16.2. The summed E-state index contributed by atoms with van der Waals surface area (Å²) in [5.74, 6) is 0.776. The van der Waals surface area contributed by atoms with Crippen molar-refractivity contribution in [3.63, 3.8) is 0 Å². The van der Waals surface area contributed by atoms with Gasteiger partial charge in [0, 0.05) is 43.3 Å². The summed E-state index contributed by atoms with van der Waals surface area (Å²) in [4.78, 5) is 15.8. The topological polar surface area (TPSA) is 35.6 Å². The molecule has 0 unspecified atom stereocenters. The molecule has 0 saturated carbocycles. The molecular formula is C20H30ClN3OS. The molecule has 6 heteroatoms. The monoisotopic (exact) mass is 395 g/mol. The van der Waals surface area contributed by atoms with E-state index >= 15 is 0 Å². The zero-order chi connectivity index (χ0) is 19.3. The third kappa shape index (κ3) is 5.58. The Balaban J connectivity index is 2.09. The number of hydrogen-bond acceptors (Lipinski definition) is 2. The molecule has 26 heavy (non-hydrogen) atoms. The molecule has 0 aromatic heterocycles. The molecule has 0 spiro atoms. The molecule has 1 amide bonds. The first-order valence-corrected chi connectivity index (χ1v) is 10.2. The molecule has 0 radical (unpaired) electrons. The first kappa shape index (κ1) is 21.0. The predicted octanol–water partition coefficient (Wildman–Crippen LogP) is 4.70. The van der Waals surface area contributed by atoms with E-state index in [0.717, 1.165) is 60.3 Å². The number of halogens is 1. The number of amides is 1. The molecule has 1 fully saturated rings. The zero-order valence-corrected chi connectivity index (χ0v) is 17.8. The Bertz CT molecular complexity index is 642. The van der Waals surface area contributed by atoms with E-state index < -0.39 is 0 Å². The number of likely N-dealkylation sites (tertiary alicyclic amines) is 1. The van der Waals surface area contributed by atoms with Crippen LogP contribution < -0.4 is 5.32 Å². The Morgan fingerprint density at radius 3 is 2.62 bits per heavy atom. The summed E-state index contributed by atoms with van der Waals surface area (Å²) >= 11 is 12.0. The molecule has 1 aliphatic rings. The largest absolute Gasteiger partial charge is 0.346 e. The first-order valence-electron chi connectivity index (χ1n) is 9.37. The summed E-state index contributed by atoms with van der Waals surface area (Å²) in [6.07, 6.45) is 2.99. The highest BCUT2D eigenvalue weighted by Gasteiger charge is 2.27. The standard InChI is InChI=1S/C20H30ClN3OS/c1-14(2)8-13-24(17-9-11-23(12-10-17)16(4)25)20(26)22-19-7-5-6-18(21)15(19)3/h5-7,14,17H,8-13H2,1-4H3,(H,22,26). The molecule has 1 aromatic rings. The second kappa shape index (κ2) is 9.56. The van der Waals surface area contributed by atoms with E-state index in [1.165, 1.54) is 0 Å². The SMILES string of the molecule is CC(=O)N1CCC(N(CCC(C)C)C(=S)Nc2cccc(Cl)c2C)CC1. The third-order valence-electron chi connectivity index (χ3n) is 5.07. The van der Waals surface area contributed by atoms with Gasteiger partial charge in [-0.05, 0) is 62.0 Å². The van der Waals surface area contributed by atoms with Gasteiger partial charge in [-0.3, -0.25) is 4.79 Å². The summed E-state index contributed by atoms with van der Waals surface area (Å²) < 4.78 is 0. The van der Waals surface area contributed by atoms with Crippen molar-refractivity contribution in [3.8, 4) is 0 Å². The number of nitrogens with one attached hydrogen (secondary N) is 1. The fourth-order valence-electron chi connectivity index (χ4n) is 3.27. The minimum Gasteiger partial charge on any atom is -0.346 e. The number of piperidine rings is 1. The van der Waals surface area contributed by atoms with E-state index in [0.29, 0.717) is 12.0 Å². The Kier molecular flexibility index (Phi) is 7.71. The quantitative estimate of drug-likeness (QED) is 0.732. The van der Waals surface area contributed by atoms with Crippen molar-refractivity contribution in [2.75, 3.05) is 25.0 Å². The molecule has 0 aliphatic carbocycles. The van der Waals surface area contributed by atoms with Crippen LogP contribution in [-0.4, -0.2) is 46.5 Å². The minimum absolute atomic E-state index is 0.160. The van der Waals surface area contributed by atoms with Gasteiger partial charge in [0.1, 0.15) is 0 Å². The maximum absolute atomic E-state index is 11.6. The van der Waals surface area contributed by atoms with Crippen LogP contribution in [0.25, 0.3) is 0 Å². The highest BCUT2D eigenvalue weighted by Crippen LogP contribution is 2.25. The van der Waals surface area contributed by atoms with Gasteiger partial charge in [-0.15, -0.1) is 0 Å². The number of nitrogens with zero attached hydrogens (tertiary/aromatic N) is 2. The van der Waals surface area contributed by atoms with Crippen LogP contribution in [0.2, 0.25) is 5.02 Å². The summed E-state index contributed by atoms with van der Waals surface area (Å²) in [6.45, 7) is 10.6. The van der Waals surface area contributed by atoms with Gasteiger partial charge in [-0.2, -0.15) is 0 Å². The lowest BCUT2D eigenvalue weighted by atomic mass is 10.0. The number of anilines is 1. The van der Waals surface area contributed by atoms with Crippen LogP contribution in [0.4, 0.5) is 5.69 Å². The lowest BCUT2D eigenvalue weighted by Gasteiger charge is -2.40. The van der Waals surface area contributed by atoms with Crippen molar-refractivity contribution in [2.45, 2.75) is 53.0 Å². The summed E-state index contributed by atoms with van der Waals surface area (Å²) in [7, 11) is 0. The van der Waals surface area contributed by atoms with Crippen LogP contribution in [0.3, 0.4) is 0 Å². The Hall–Kier alpha value is -1.33. The van der Waals surface area contributed by atoms with Gasteiger partial charge in [0.25, 0.3) is 0 Å². The number of thiocarbonyl (C=S) groups is 1. The lowest BCUT2D eigenvalue weighted by Crippen LogP contribution is -2.50. The van der Waals surface area contributed by atoms with Crippen molar-refractivity contribution < 1.29 is 4.79 Å². The minimum atomic E-state index is 0.160. The van der Waals surface area contributed by atoms with Gasteiger partial charge >= 0.3 is 0 Å². The number of carbonyl (C=O) groups excluding carboxylic acids is 1.